The molecule has 0 aliphatic rings. The molecule has 1 aromatic heterocycles. The van der Waals surface area contributed by atoms with Gasteiger partial charge in [-0.2, -0.15) is 0 Å². The third kappa shape index (κ3) is 2.53. The standard InChI is InChI=1S/C16H19NO/c1-3-13(2)17-15(9-10-16(17)12-18)11-14-7-5-4-6-8-14/h4-10,12-13H,3,11H2,1-2H3/t13-/m0/s1. The van der Waals surface area contributed by atoms with Crippen LogP contribution in [0.5, 0.6) is 0 Å². The van der Waals surface area contributed by atoms with E-state index in [0.717, 1.165) is 24.8 Å². The normalized spacial score (nSPS) is 12.3. The van der Waals surface area contributed by atoms with E-state index >= 15 is 0 Å². The van der Waals surface area contributed by atoms with Gasteiger partial charge in [0.2, 0.25) is 0 Å². The molecule has 0 fully saturated rings. The fourth-order valence-corrected chi connectivity index (χ4v) is 2.27. The molecule has 0 saturated carbocycles. The van der Waals surface area contributed by atoms with Crippen LogP contribution in [0.2, 0.25) is 0 Å². The summed E-state index contributed by atoms with van der Waals surface area (Å²) in [4.78, 5) is 11.1. The van der Waals surface area contributed by atoms with Crippen LogP contribution in [0.1, 0.15) is 48.1 Å². The number of hydrogen-bond donors (Lipinski definition) is 0. The summed E-state index contributed by atoms with van der Waals surface area (Å²) in [5, 5.41) is 0. The van der Waals surface area contributed by atoms with Crippen molar-refractivity contribution >= 4 is 6.29 Å². The second kappa shape index (κ2) is 5.67. The van der Waals surface area contributed by atoms with E-state index in [1.165, 1.54) is 11.3 Å². The molecule has 2 rings (SSSR count). The number of carbonyl (C=O) groups excluding carboxylic acids is 1. The van der Waals surface area contributed by atoms with Crippen molar-refractivity contribution < 1.29 is 4.79 Å². The number of nitrogens with zero attached hydrogens (tertiary/aromatic N) is 1. The quantitative estimate of drug-likeness (QED) is 0.728. The van der Waals surface area contributed by atoms with Crippen molar-refractivity contribution in [1.29, 1.82) is 0 Å². The van der Waals surface area contributed by atoms with E-state index in [0.29, 0.717) is 6.04 Å². The summed E-state index contributed by atoms with van der Waals surface area (Å²) in [7, 11) is 0. The Kier molecular flexibility index (Phi) is 3.98. The number of aldehydes is 1. The van der Waals surface area contributed by atoms with Crippen molar-refractivity contribution in [1.82, 2.24) is 4.57 Å². The molecule has 0 radical (unpaired) electrons. The van der Waals surface area contributed by atoms with E-state index in [-0.39, 0.29) is 0 Å². The molecule has 0 saturated heterocycles. The molecule has 1 aromatic carbocycles. The second-order valence-electron chi connectivity index (χ2n) is 4.66. The van der Waals surface area contributed by atoms with Gasteiger partial charge in [-0.3, -0.25) is 4.79 Å². The van der Waals surface area contributed by atoms with Gasteiger partial charge in [-0.15, -0.1) is 0 Å². The summed E-state index contributed by atoms with van der Waals surface area (Å²) in [6, 6.07) is 14.7. The highest BCUT2D eigenvalue weighted by Gasteiger charge is 2.12. The van der Waals surface area contributed by atoms with E-state index in [2.05, 4.69) is 36.6 Å². The first-order valence-corrected chi connectivity index (χ1v) is 6.45. The smallest absolute Gasteiger partial charge is 0.166 e. The molecule has 18 heavy (non-hydrogen) atoms. The maximum atomic E-state index is 11.1. The van der Waals surface area contributed by atoms with Crippen LogP contribution < -0.4 is 0 Å². The minimum absolute atomic E-state index is 0.360. The van der Waals surface area contributed by atoms with Crippen molar-refractivity contribution in [2.45, 2.75) is 32.7 Å². The molecule has 1 heterocycles. The molecule has 0 spiro atoms. The molecular formula is C16H19NO. The minimum Gasteiger partial charge on any atom is -0.339 e. The summed E-state index contributed by atoms with van der Waals surface area (Å²) < 4.78 is 2.15. The van der Waals surface area contributed by atoms with Crippen LogP contribution >= 0.6 is 0 Å². The summed E-state index contributed by atoms with van der Waals surface area (Å²) in [6.07, 6.45) is 2.84. The van der Waals surface area contributed by atoms with Gasteiger partial charge in [0.25, 0.3) is 0 Å². The van der Waals surface area contributed by atoms with Gasteiger partial charge in [-0.1, -0.05) is 37.3 Å². The first-order valence-electron chi connectivity index (χ1n) is 6.45. The molecule has 0 aliphatic heterocycles. The summed E-state index contributed by atoms with van der Waals surface area (Å²) in [6.45, 7) is 4.30. The molecule has 0 unspecified atom stereocenters. The van der Waals surface area contributed by atoms with Crippen molar-refractivity contribution in [3.05, 3.63) is 59.4 Å². The van der Waals surface area contributed by atoms with Gasteiger partial charge < -0.3 is 4.57 Å². The van der Waals surface area contributed by atoms with E-state index < -0.39 is 0 Å². The third-order valence-electron chi connectivity index (χ3n) is 3.41. The summed E-state index contributed by atoms with van der Waals surface area (Å²) >= 11 is 0. The zero-order valence-corrected chi connectivity index (χ0v) is 11.0. The Hall–Kier alpha value is -1.83. The Bertz CT molecular complexity index is 513. The zero-order valence-electron chi connectivity index (χ0n) is 11.0. The highest BCUT2D eigenvalue weighted by Crippen LogP contribution is 2.20. The van der Waals surface area contributed by atoms with Gasteiger partial charge in [0.1, 0.15) is 0 Å². The maximum Gasteiger partial charge on any atom is 0.166 e. The predicted molar refractivity (Wildman–Crippen MR) is 74.1 cm³/mol. The number of aromatic nitrogens is 1. The molecule has 2 heteroatoms. The van der Waals surface area contributed by atoms with Crippen LogP contribution in [-0.4, -0.2) is 10.9 Å². The monoisotopic (exact) mass is 241 g/mol. The Morgan fingerprint density at radius 2 is 1.89 bits per heavy atom. The van der Waals surface area contributed by atoms with Crippen LogP contribution in [0, 0.1) is 0 Å². The van der Waals surface area contributed by atoms with Gasteiger partial charge in [-0.05, 0) is 31.0 Å². The van der Waals surface area contributed by atoms with E-state index in [9.17, 15) is 4.79 Å². The van der Waals surface area contributed by atoms with Crippen molar-refractivity contribution in [2.24, 2.45) is 0 Å². The second-order valence-corrected chi connectivity index (χ2v) is 4.66. The van der Waals surface area contributed by atoms with Crippen LogP contribution in [0.4, 0.5) is 0 Å². The van der Waals surface area contributed by atoms with Gasteiger partial charge >= 0.3 is 0 Å². The molecule has 2 aromatic rings. The number of hydrogen-bond acceptors (Lipinski definition) is 1. The zero-order chi connectivity index (χ0) is 13.0. The first-order chi connectivity index (χ1) is 8.76. The van der Waals surface area contributed by atoms with Crippen LogP contribution in [0.15, 0.2) is 42.5 Å². The fraction of sp³-hybridized carbons (Fsp3) is 0.312. The topological polar surface area (TPSA) is 22.0 Å². The Labute approximate surface area is 108 Å². The summed E-state index contributed by atoms with van der Waals surface area (Å²) in [5.41, 5.74) is 3.26. The lowest BCUT2D eigenvalue weighted by atomic mass is 10.1. The lowest BCUT2D eigenvalue weighted by Gasteiger charge is -2.17. The van der Waals surface area contributed by atoms with E-state index in [4.69, 9.17) is 0 Å². The Morgan fingerprint density at radius 3 is 2.50 bits per heavy atom. The first kappa shape index (κ1) is 12.6. The highest BCUT2D eigenvalue weighted by atomic mass is 16.1. The molecule has 94 valence electrons. The van der Waals surface area contributed by atoms with Crippen LogP contribution in [0.3, 0.4) is 0 Å². The Morgan fingerprint density at radius 1 is 1.17 bits per heavy atom. The summed E-state index contributed by atoms with van der Waals surface area (Å²) in [5.74, 6) is 0. The van der Waals surface area contributed by atoms with Crippen molar-refractivity contribution in [3.63, 3.8) is 0 Å². The molecule has 0 bridgehead atoms. The number of rotatable bonds is 5. The highest BCUT2D eigenvalue weighted by molar-refractivity contribution is 5.73. The van der Waals surface area contributed by atoms with Crippen molar-refractivity contribution in [3.8, 4) is 0 Å². The van der Waals surface area contributed by atoms with Gasteiger partial charge in [0.15, 0.2) is 6.29 Å². The molecule has 1 atom stereocenters. The molecule has 0 aliphatic carbocycles. The minimum atomic E-state index is 0.360. The SMILES string of the molecule is CC[C@H](C)n1c(C=O)ccc1Cc1ccccc1. The number of benzene rings is 1. The van der Waals surface area contributed by atoms with E-state index in [1.54, 1.807) is 0 Å². The van der Waals surface area contributed by atoms with Gasteiger partial charge in [0.05, 0.1) is 5.69 Å². The van der Waals surface area contributed by atoms with Crippen LogP contribution in [-0.2, 0) is 6.42 Å². The molecule has 0 N–H and O–H groups in total. The average molecular weight is 241 g/mol. The third-order valence-corrected chi connectivity index (χ3v) is 3.41. The van der Waals surface area contributed by atoms with Crippen molar-refractivity contribution in [2.75, 3.05) is 0 Å². The molecule has 0 amide bonds. The average Bonchev–Trinajstić information content (AvgIpc) is 2.82. The van der Waals surface area contributed by atoms with Crippen LogP contribution in [0.25, 0.3) is 0 Å². The molecule has 2 nitrogen and oxygen atoms in total. The molecular weight excluding hydrogens is 222 g/mol. The maximum absolute atomic E-state index is 11.1. The van der Waals surface area contributed by atoms with E-state index in [1.807, 2.05) is 24.3 Å². The predicted octanol–water partition coefficient (Wildman–Crippen LogP) is 3.86. The lowest BCUT2D eigenvalue weighted by Crippen LogP contribution is -2.11. The fourth-order valence-electron chi connectivity index (χ4n) is 2.27. The lowest BCUT2D eigenvalue weighted by molar-refractivity contribution is 0.111. The number of carbonyl (C=O) groups is 1. The Balaban J connectivity index is 2.33. The largest absolute Gasteiger partial charge is 0.339 e. The van der Waals surface area contributed by atoms with Gasteiger partial charge in [0, 0.05) is 18.2 Å². The van der Waals surface area contributed by atoms with Gasteiger partial charge in [-0.25, -0.2) is 0 Å².